The molecule has 0 aliphatic heterocycles. The molecule has 0 unspecified atom stereocenters. The number of hydrogen-bond acceptors (Lipinski definition) is 5. The third kappa shape index (κ3) is 4.47. The maximum Gasteiger partial charge on any atom is 0.343 e. The van der Waals surface area contributed by atoms with E-state index in [0.29, 0.717) is 17.9 Å². The Labute approximate surface area is 199 Å². The van der Waals surface area contributed by atoms with Crippen LogP contribution in [0.2, 0.25) is 0 Å². The zero-order valence-corrected chi connectivity index (χ0v) is 20.3. The van der Waals surface area contributed by atoms with Gasteiger partial charge in [0.1, 0.15) is 5.75 Å². The highest BCUT2D eigenvalue weighted by Gasteiger charge is 2.18. The number of aryl methyl sites for hydroxylation is 3. The maximum atomic E-state index is 12.6. The van der Waals surface area contributed by atoms with E-state index in [2.05, 4.69) is 36.4 Å². The summed E-state index contributed by atoms with van der Waals surface area (Å²) in [5.41, 5.74) is 6.14. The molecule has 4 rings (SSSR count). The predicted octanol–water partition coefficient (Wildman–Crippen LogP) is 5.69. The van der Waals surface area contributed by atoms with E-state index < -0.39 is 0 Å². The van der Waals surface area contributed by atoms with Gasteiger partial charge in [-0.3, -0.25) is 4.99 Å². The Morgan fingerprint density at radius 1 is 1.06 bits per heavy atom. The van der Waals surface area contributed by atoms with Crippen molar-refractivity contribution < 1.29 is 19.0 Å². The lowest BCUT2D eigenvalue weighted by atomic mass is 9.99. The fourth-order valence-corrected chi connectivity index (χ4v) is 4.43. The molecular formula is C28H30N2O4. The Bertz CT molecular complexity index is 1350. The highest BCUT2D eigenvalue weighted by atomic mass is 16.7. The maximum absolute atomic E-state index is 12.6. The first kappa shape index (κ1) is 23.7. The Kier molecular flexibility index (Phi) is 7.10. The molecular weight excluding hydrogens is 428 g/mol. The molecule has 0 radical (unpaired) electrons. The molecule has 0 saturated carbocycles. The number of esters is 1. The quantitative estimate of drug-likeness (QED) is 0.147. The van der Waals surface area contributed by atoms with Crippen LogP contribution >= 0.6 is 0 Å². The fourth-order valence-electron chi connectivity index (χ4n) is 4.43. The molecule has 1 aromatic heterocycles. The van der Waals surface area contributed by atoms with E-state index in [4.69, 9.17) is 14.2 Å². The highest BCUT2D eigenvalue weighted by Crippen LogP contribution is 2.37. The number of methoxy groups -OCH3 is 2. The number of aromatic nitrogens is 1. The number of fused-ring (bicyclic) bond motifs is 3. The minimum Gasteiger partial charge on any atom is -0.423 e. The van der Waals surface area contributed by atoms with Gasteiger partial charge in [-0.25, -0.2) is 4.79 Å². The van der Waals surface area contributed by atoms with Crippen molar-refractivity contribution in [1.82, 2.24) is 4.57 Å². The molecule has 0 bridgehead atoms. The van der Waals surface area contributed by atoms with Crippen LogP contribution in [-0.4, -0.2) is 43.8 Å². The van der Waals surface area contributed by atoms with Crippen molar-refractivity contribution in [2.24, 2.45) is 4.99 Å². The summed E-state index contributed by atoms with van der Waals surface area (Å²) in [6.07, 6.45) is 1.51. The van der Waals surface area contributed by atoms with Gasteiger partial charge in [-0.05, 0) is 73.9 Å². The third-order valence-electron chi connectivity index (χ3n) is 6.14. The molecule has 1 heterocycles. The van der Waals surface area contributed by atoms with Gasteiger partial charge in [0.2, 0.25) is 0 Å². The molecule has 0 spiro atoms. The zero-order valence-electron chi connectivity index (χ0n) is 20.3. The number of rotatable bonds is 8. The summed E-state index contributed by atoms with van der Waals surface area (Å²) in [7, 11) is 3.21. The molecule has 0 atom stereocenters. The van der Waals surface area contributed by atoms with Gasteiger partial charge >= 0.3 is 5.97 Å². The molecule has 6 heteroatoms. The second-order valence-corrected chi connectivity index (χ2v) is 8.21. The summed E-state index contributed by atoms with van der Waals surface area (Å²) in [6.45, 7) is 7.62. The number of carbonyl (C=O) groups is 1. The van der Waals surface area contributed by atoms with E-state index in [0.717, 1.165) is 39.5 Å². The second-order valence-electron chi connectivity index (χ2n) is 8.21. The molecule has 34 heavy (non-hydrogen) atoms. The number of benzene rings is 3. The molecule has 0 saturated heterocycles. The minimum absolute atomic E-state index is 0.370. The number of carbonyl (C=O) groups excluding carboxylic acids is 1. The van der Waals surface area contributed by atoms with Crippen molar-refractivity contribution in [3.05, 3.63) is 76.9 Å². The monoisotopic (exact) mass is 458 g/mol. The lowest BCUT2D eigenvalue weighted by molar-refractivity contribution is -0.0936. The Morgan fingerprint density at radius 3 is 2.47 bits per heavy atom. The van der Waals surface area contributed by atoms with E-state index in [1.807, 2.05) is 42.6 Å². The predicted molar refractivity (Wildman–Crippen MR) is 136 cm³/mol. The van der Waals surface area contributed by atoms with Gasteiger partial charge in [0.25, 0.3) is 0 Å². The first-order chi connectivity index (χ1) is 16.5. The van der Waals surface area contributed by atoms with Gasteiger partial charge < -0.3 is 18.8 Å². The van der Waals surface area contributed by atoms with E-state index in [9.17, 15) is 4.79 Å². The Morgan fingerprint density at radius 2 is 1.79 bits per heavy atom. The Balaban J connectivity index is 1.80. The van der Waals surface area contributed by atoms with Crippen LogP contribution in [0.4, 0.5) is 0 Å². The summed E-state index contributed by atoms with van der Waals surface area (Å²) in [5.74, 6) is 0.154. The van der Waals surface area contributed by atoms with Gasteiger partial charge in [-0.2, -0.15) is 0 Å². The lowest BCUT2D eigenvalue weighted by Gasteiger charge is -2.11. The van der Waals surface area contributed by atoms with Crippen molar-refractivity contribution in [3.63, 3.8) is 0 Å². The van der Waals surface area contributed by atoms with Crippen molar-refractivity contribution in [2.45, 2.75) is 33.6 Å². The highest BCUT2D eigenvalue weighted by molar-refractivity contribution is 6.13. The van der Waals surface area contributed by atoms with Gasteiger partial charge in [-0.1, -0.05) is 18.2 Å². The van der Waals surface area contributed by atoms with Gasteiger partial charge in [-0.15, -0.1) is 0 Å². The van der Waals surface area contributed by atoms with E-state index in [1.54, 1.807) is 26.4 Å². The smallest absolute Gasteiger partial charge is 0.343 e. The average Bonchev–Trinajstić information content (AvgIpc) is 3.19. The fraction of sp³-hybridized carbons (Fsp3) is 0.286. The first-order valence-electron chi connectivity index (χ1n) is 11.4. The number of hydrogen-bond donors (Lipinski definition) is 0. The van der Waals surface area contributed by atoms with Crippen molar-refractivity contribution in [3.8, 4) is 5.75 Å². The van der Waals surface area contributed by atoms with Crippen LogP contribution in [0.25, 0.3) is 21.8 Å². The van der Waals surface area contributed by atoms with Crippen LogP contribution in [0, 0.1) is 13.8 Å². The molecule has 0 aliphatic rings. The van der Waals surface area contributed by atoms with Crippen LogP contribution in [0.3, 0.4) is 0 Å². The molecule has 0 fully saturated rings. The summed E-state index contributed by atoms with van der Waals surface area (Å²) in [6, 6.07) is 17.0. The number of ether oxygens (including phenoxy) is 3. The van der Waals surface area contributed by atoms with Crippen LogP contribution in [-0.2, 0) is 16.0 Å². The van der Waals surface area contributed by atoms with E-state index in [1.165, 1.54) is 5.52 Å². The van der Waals surface area contributed by atoms with Crippen LogP contribution < -0.4 is 4.74 Å². The SMILES string of the molecule is CCn1c2ccc(OC(=O)c3ccccc3)cc2c2c(C)c(C=NCC(OC)OC)cc(C)c21. The van der Waals surface area contributed by atoms with Crippen LogP contribution in [0.15, 0.2) is 59.6 Å². The summed E-state index contributed by atoms with van der Waals surface area (Å²) >= 11 is 0. The summed E-state index contributed by atoms with van der Waals surface area (Å²) in [5, 5.41) is 2.20. The van der Waals surface area contributed by atoms with E-state index in [-0.39, 0.29) is 12.3 Å². The minimum atomic E-state index is -0.370. The third-order valence-corrected chi connectivity index (χ3v) is 6.14. The van der Waals surface area contributed by atoms with Crippen molar-refractivity contribution in [2.75, 3.05) is 20.8 Å². The average molecular weight is 459 g/mol. The summed E-state index contributed by atoms with van der Waals surface area (Å²) in [4.78, 5) is 17.1. The van der Waals surface area contributed by atoms with Gasteiger partial charge in [0.05, 0.1) is 17.6 Å². The molecule has 0 N–H and O–H groups in total. The van der Waals surface area contributed by atoms with Gasteiger partial charge in [0.15, 0.2) is 6.29 Å². The van der Waals surface area contributed by atoms with Crippen LogP contribution in [0.5, 0.6) is 5.75 Å². The van der Waals surface area contributed by atoms with Gasteiger partial charge in [0, 0.05) is 43.3 Å². The second kappa shape index (κ2) is 10.2. The number of aliphatic imine (C=N–C) groups is 1. The normalized spacial score (nSPS) is 11.8. The van der Waals surface area contributed by atoms with Crippen molar-refractivity contribution in [1.29, 1.82) is 0 Å². The molecule has 176 valence electrons. The Hall–Kier alpha value is -3.48. The van der Waals surface area contributed by atoms with Crippen molar-refractivity contribution >= 4 is 34.0 Å². The molecule has 3 aromatic carbocycles. The molecule has 0 amide bonds. The zero-order chi connectivity index (χ0) is 24.2. The largest absolute Gasteiger partial charge is 0.423 e. The molecule has 4 aromatic rings. The topological polar surface area (TPSA) is 62.1 Å². The molecule has 0 aliphatic carbocycles. The lowest BCUT2D eigenvalue weighted by Crippen LogP contribution is -2.16. The standard InChI is InChI=1S/C28H30N2O4/c1-6-30-24-13-12-22(34-28(31)20-10-8-7-9-11-20)15-23(24)26-19(3)21(14-18(2)27(26)30)16-29-17-25(32-4)33-5/h7-16,25H,6,17H2,1-5H3. The molecule has 6 nitrogen and oxygen atoms in total. The first-order valence-corrected chi connectivity index (χ1v) is 11.4. The van der Waals surface area contributed by atoms with E-state index >= 15 is 0 Å². The van der Waals surface area contributed by atoms with Crippen LogP contribution in [0.1, 0.15) is 34.0 Å². The summed E-state index contributed by atoms with van der Waals surface area (Å²) < 4.78 is 18.5. The number of nitrogens with zero attached hydrogens (tertiary/aromatic N) is 2.